The minimum absolute atomic E-state index is 0.0243. The highest BCUT2D eigenvalue weighted by Crippen LogP contribution is 2.30. The number of hydrogen-bond donors (Lipinski definition) is 1. The Labute approximate surface area is 211 Å². The summed E-state index contributed by atoms with van der Waals surface area (Å²) in [6, 6.07) is 4.44. The molecule has 4 heterocycles. The Morgan fingerprint density at radius 3 is 2.38 bits per heavy atom. The lowest BCUT2D eigenvalue weighted by molar-refractivity contribution is -0.141. The van der Waals surface area contributed by atoms with Crippen LogP contribution in [0, 0.1) is 5.92 Å². The minimum Gasteiger partial charge on any atom is -0.388 e. The quantitative estimate of drug-likeness (QED) is 0.570. The number of benzene rings is 1. The molecule has 2 aliphatic rings. The van der Waals surface area contributed by atoms with Gasteiger partial charge in [0.1, 0.15) is 11.7 Å². The summed E-state index contributed by atoms with van der Waals surface area (Å²) < 4.78 is 41.3. The lowest BCUT2D eigenvalue weighted by atomic mass is 9.89. The molecule has 12 heteroatoms. The number of rotatable bonds is 4. The Morgan fingerprint density at radius 2 is 1.76 bits per heavy atom. The van der Waals surface area contributed by atoms with Crippen molar-refractivity contribution in [1.82, 2.24) is 29.1 Å². The van der Waals surface area contributed by atoms with Gasteiger partial charge in [-0.25, -0.2) is 9.67 Å². The van der Waals surface area contributed by atoms with E-state index in [4.69, 9.17) is 0 Å². The van der Waals surface area contributed by atoms with Crippen molar-refractivity contribution in [3.05, 3.63) is 52.7 Å². The van der Waals surface area contributed by atoms with Crippen LogP contribution in [-0.4, -0.2) is 79.0 Å². The normalized spacial score (nSPS) is 19.4. The fourth-order valence-electron chi connectivity index (χ4n) is 5.17. The van der Waals surface area contributed by atoms with Crippen molar-refractivity contribution in [2.75, 3.05) is 33.2 Å². The topological polar surface area (TPSA) is 96.5 Å². The molecule has 1 aromatic carbocycles. The van der Waals surface area contributed by atoms with Gasteiger partial charge in [0.2, 0.25) is 5.91 Å². The second-order valence-corrected chi connectivity index (χ2v) is 10.1. The SMILES string of the molecule is CN1CCC(C(=O)N2CCC(O)(Cn3cnc4c(cnn4-c4ccc(C(F)(F)F)cc4)c3=O)CC2)CC1. The summed E-state index contributed by atoms with van der Waals surface area (Å²) >= 11 is 0. The van der Waals surface area contributed by atoms with E-state index in [9.17, 15) is 27.9 Å². The minimum atomic E-state index is -4.45. The number of amides is 1. The van der Waals surface area contributed by atoms with Crippen LogP contribution in [0.25, 0.3) is 16.7 Å². The standard InChI is InChI=1S/C25H29F3N6O3/c1-31-10-6-17(7-11-31)22(35)32-12-8-24(37,9-13-32)15-33-16-29-21-20(23(33)36)14-30-34(21)19-4-2-18(3-5-19)25(26,27)28/h2-5,14,16-17,37H,6-13,15H2,1H3. The van der Waals surface area contributed by atoms with Crippen molar-refractivity contribution in [2.45, 2.75) is 44.0 Å². The fourth-order valence-corrected chi connectivity index (χ4v) is 5.17. The molecule has 2 saturated heterocycles. The molecule has 0 unspecified atom stereocenters. The molecule has 0 bridgehead atoms. The first-order valence-electron chi connectivity index (χ1n) is 12.3. The van der Waals surface area contributed by atoms with E-state index in [1.54, 1.807) is 0 Å². The van der Waals surface area contributed by atoms with Crippen molar-refractivity contribution in [3.63, 3.8) is 0 Å². The number of hydrogen-bond acceptors (Lipinski definition) is 6. The van der Waals surface area contributed by atoms with Gasteiger partial charge in [0.15, 0.2) is 5.65 Å². The summed E-state index contributed by atoms with van der Waals surface area (Å²) in [4.78, 5) is 34.4. The zero-order valence-electron chi connectivity index (χ0n) is 20.5. The van der Waals surface area contributed by atoms with E-state index in [2.05, 4.69) is 22.0 Å². The van der Waals surface area contributed by atoms with Crippen LogP contribution in [0.2, 0.25) is 0 Å². The molecule has 1 N–H and O–H groups in total. The van der Waals surface area contributed by atoms with E-state index in [1.165, 1.54) is 33.9 Å². The number of halogens is 3. The summed E-state index contributed by atoms with van der Waals surface area (Å²) in [5.74, 6) is 0.170. The number of piperidine rings is 2. The highest BCUT2D eigenvalue weighted by molar-refractivity contribution is 5.79. The number of aliphatic hydroxyl groups is 1. The van der Waals surface area contributed by atoms with Gasteiger partial charge in [-0.05, 0) is 70.1 Å². The molecule has 5 rings (SSSR count). The Balaban J connectivity index is 1.28. The average molecular weight is 519 g/mol. The molecule has 2 aromatic heterocycles. The third kappa shape index (κ3) is 5.12. The van der Waals surface area contributed by atoms with E-state index in [-0.39, 0.29) is 29.4 Å². The van der Waals surface area contributed by atoms with Crippen molar-refractivity contribution < 1.29 is 23.1 Å². The van der Waals surface area contributed by atoms with Gasteiger partial charge in [-0.3, -0.25) is 14.2 Å². The predicted octanol–water partition coefficient (Wildman–Crippen LogP) is 2.30. The molecule has 2 aliphatic heterocycles. The molecule has 37 heavy (non-hydrogen) atoms. The Hall–Kier alpha value is -3.25. The van der Waals surface area contributed by atoms with Gasteiger partial charge in [0, 0.05) is 19.0 Å². The van der Waals surface area contributed by atoms with Crippen LogP contribution >= 0.6 is 0 Å². The summed E-state index contributed by atoms with van der Waals surface area (Å²) in [6.45, 7) is 2.69. The van der Waals surface area contributed by atoms with Gasteiger partial charge in [0.25, 0.3) is 5.56 Å². The van der Waals surface area contributed by atoms with Crippen LogP contribution in [0.3, 0.4) is 0 Å². The van der Waals surface area contributed by atoms with E-state index in [1.807, 2.05) is 4.90 Å². The molecule has 3 aromatic rings. The Morgan fingerprint density at radius 1 is 1.11 bits per heavy atom. The van der Waals surface area contributed by atoms with Gasteiger partial charge in [-0.15, -0.1) is 0 Å². The van der Waals surface area contributed by atoms with Gasteiger partial charge < -0.3 is 14.9 Å². The molecule has 1 amide bonds. The van der Waals surface area contributed by atoms with Crippen LogP contribution in [0.15, 0.2) is 41.6 Å². The molecular weight excluding hydrogens is 489 g/mol. The third-order valence-electron chi connectivity index (χ3n) is 7.53. The number of carbonyl (C=O) groups is 1. The van der Waals surface area contributed by atoms with Crippen LogP contribution in [0.5, 0.6) is 0 Å². The van der Waals surface area contributed by atoms with Crippen LogP contribution in [0.1, 0.15) is 31.2 Å². The van der Waals surface area contributed by atoms with Crippen molar-refractivity contribution in [3.8, 4) is 5.69 Å². The lowest BCUT2D eigenvalue weighted by Gasteiger charge is -2.40. The zero-order valence-corrected chi connectivity index (χ0v) is 20.5. The Bertz CT molecular complexity index is 1330. The molecule has 9 nitrogen and oxygen atoms in total. The maximum absolute atomic E-state index is 13.1. The first-order chi connectivity index (χ1) is 17.5. The zero-order chi connectivity index (χ0) is 26.4. The first kappa shape index (κ1) is 25.4. The number of likely N-dealkylation sites (tertiary alicyclic amines) is 2. The lowest BCUT2D eigenvalue weighted by Crippen LogP contribution is -2.51. The number of alkyl halides is 3. The maximum atomic E-state index is 13.1. The van der Waals surface area contributed by atoms with Crippen molar-refractivity contribution in [1.29, 1.82) is 0 Å². The molecule has 0 spiro atoms. The third-order valence-corrected chi connectivity index (χ3v) is 7.53. The summed E-state index contributed by atoms with van der Waals surface area (Å²) in [6.07, 6.45) is 0.579. The largest absolute Gasteiger partial charge is 0.416 e. The maximum Gasteiger partial charge on any atom is 0.416 e. The molecule has 0 aliphatic carbocycles. The number of carbonyl (C=O) groups excluding carboxylic acids is 1. The van der Waals surface area contributed by atoms with Gasteiger partial charge >= 0.3 is 6.18 Å². The number of aromatic nitrogens is 4. The first-order valence-corrected chi connectivity index (χ1v) is 12.3. The summed E-state index contributed by atoms with van der Waals surface area (Å²) in [5, 5.41) is 15.5. The number of nitrogens with zero attached hydrogens (tertiary/aromatic N) is 6. The monoisotopic (exact) mass is 518 g/mol. The van der Waals surface area contributed by atoms with Crippen LogP contribution < -0.4 is 5.56 Å². The molecule has 198 valence electrons. The van der Waals surface area contributed by atoms with Gasteiger partial charge in [-0.1, -0.05) is 0 Å². The highest BCUT2D eigenvalue weighted by Gasteiger charge is 2.37. The van der Waals surface area contributed by atoms with Gasteiger partial charge in [0.05, 0.1) is 29.6 Å². The second kappa shape index (κ2) is 9.56. The van der Waals surface area contributed by atoms with E-state index in [0.29, 0.717) is 31.6 Å². The average Bonchev–Trinajstić information content (AvgIpc) is 3.31. The van der Waals surface area contributed by atoms with E-state index < -0.39 is 22.9 Å². The van der Waals surface area contributed by atoms with Gasteiger partial charge in [-0.2, -0.15) is 18.3 Å². The molecule has 0 saturated carbocycles. The van der Waals surface area contributed by atoms with E-state index >= 15 is 0 Å². The molecular formula is C25H29F3N6O3. The fraction of sp³-hybridized carbons (Fsp3) is 0.520. The predicted molar refractivity (Wildman–Crippen MR) is 129 cm³/mol. The van der Waals surface area contributed by atoms with Crippen LogP contribution in [-0.2, 0) is 17.5 Å². The molecule has 2 fully saturated rings. The summed E-state index contributed by atoms with van der Waals surface area (Å²) in [7, 11) is 2.05. The van der Waals surface area contributed by atoms with E-state index in [0.717, 1.165) is 38.1 Å². The molecule has 0 radical (unpaired) electrons. The number of fused-ring (bicyclic) bond motifs is 1. The second-order valence-electron chi connectivity index (χ2n) is 10.1. The Kier molecular flexibility index (Phi) is 6.57. The summed E-state index contributed by atoms with van der Waals surface area (Å²) in [5.41, 5.74) is -1.79. The highest BCUT2D eigenvalue weighted by atomic mass is 19.4. The van der Waals surface area contributed by atoms with Crippen LogP contribution in [0.4, 0.5) is 13.2 Å². The van der Waals surface area contributed by atoms with Crippen molar-refractivity contribution in [2.24, 2.45) is 5.92 Å². The smallest absolute Gasteiger partial charge is 0.388 e. The molecule has 0 atom stereocenters. The van der Waals surface area contributed by atoms with Crippen molar-refractivity contribution >= 4 is 16.9 Å².